The number of aromatic nitrogens is 1. The molecule has 7 nitrogen and oxygen atoms in total. The number of urea groups is 1. The first kappa shape index (κ1) is 21.9. The van der Waals surface area contributed by atoms with Gasteiger partial charge in [-0.1, -0.05) is 36.1 Å². The smallest absolute Gasteiger partial charge is 0.320 e. The van der Waals surface area contributed by atoms with Crippen molar-refractivity contribution in [3.8, 4) is 11.8 Å². The van der Waals surface area contributed by atoms with E-state index < -0.39 is 6.10 Å². The fourth-order valence-corrected chi connectivity index (χ4v) is 4.56. The Balaban J connectivity index is 1.09. The minimum absolute atomic E-state index is 0.0336. The summed E-state index contributed by atoms with van der Waals surface area (Å²) < 4.78 is 5.13. The van der Waals surface area contributed by atoms with E-state index in [1.165, 1.54) is 11.1 Å². The van der Waals surface area contributed by atoms with E-state index in [9.17, 15) is 9.90 Å². The number of hydrogen-bond donors (Lipinski definition) is 1. The van der Waals surface area contributed by atoms with Crippen LogP contribution in [0.5, 0.6) is 0 Å². The lowest BCUT2D eigenvalue weighted by molar-refractivity contribution is -0.00300. The molecule has 2 fully saturated rings. The average Bonchev–Trinajstić information content (AvgIpc) is 3.12. The van der Waals surface area contributed by atoms with Crippen molar-refractivity contribution in [2.45, 2.75) is 25.6 Å². The van der Waals surface area contributed by atoms with Gasteiger partial charge in [0.1, 0.15) is 0 Å². The molecule has 1 aromatic carbocycles. The number of fused-ring (bicyclic) bond motifs is 1. The molecule has 1 N–H and O–H groups in total. The number of nitrogens with zero attached hydrogens (tertiary/aromatic N) is 4. The first-order valence-corrected chi connectivity index (χ1v) is 11.7. The maximum Gasteiger partial charge on any atom is 0.320 e. The lowest BCUT2D eigenvalue weighted by atomic mass is 10.00. The monoisotopic (exact) mass is 446 g/mol. The quantitative estimate of drug-likeness (QED) is 0.685. The van der Waals surface area contributed by atoms with Gasteiger partial charge in [0.2, 0.25) is 0 Å². The highest BCUT2D eigenvalue weighted by Gasteiger charge is 2.30. The Hall–Kier alpha value is -2.92. The number of rotatable bonds is 6. The summed E-state index contributed by atoms with van der Waals surface area (Å²) in [4.78, 5) is 23.2. The normalized spacial score (nSPS) is 19.6. The average molecular weight is 447 g/mol. The van der Waals surface area contributed by atoms with Crippen LogP contribution < -0.4 is 0 Å². The molecule has 2 aromatic rings. The number of pyridine rings is 1. The van der Waals surface area contributed by atoms with Crippen molar-refractivity contribution < 1.29 is 14.6 Å². The Morgan fingerprint density at radius 1 is 1.06 bits per heavy atom. The van der Waals surface area contributed by atoms with Crippen LogP contribution in [0.25, 0.3) is 0 Å². The van der Waals surface area contributed by atoms with Crippen LogP contribution in [-0.4, -0.2) is 82.9 Å². The molecule has 0 radical (unpaired) electrons. The molecule has 3 aliphatic heterocycles. The second-order valence-corrected chi connectivity index (χ2v) is 9.10. The van der Waals surface area contributed by atoms with Gasteiger partial charge in [0.15, 0.2) is 0 Å². The van der Waals surface area contributed by atoms with Crippen LogP contribution in [0.3, 0.4) is 0 Å². The van der Waals surface area contributed by atoms with Gasteiger partial charge in [0.25, 0.3) is 0 Å². The maximum atomic E-state index is 12.9. The molecule has 0 unspecified atom stereocenters. The van der Waals surface area contributed by atoms with Gasteiger partial charge in [-0.25, -0.2) is 4.79 Å². The van der Waals surface area contributed by atoms with Gasteiger partial charge in [0.05, 0.1) is 37.5 Å². The van der Waals surface area contributed by atoms with Crippen molar-refractivity contribution in [3.05, 3.63) is 65.0 Å². The third-order valence-electron chi connectivity index (χ3n) is 6.53. The van der Waals surface area contributed by atoms with E-state index in [0.29, 0.717) is 51.9 Å². The molecule has 172 valence electrons. The number of aliphatic hydroxyl groups is 1. The van der Waals surface area contributed by atoms with Gasteiger partial charge >= 0.3 is 6.03 Å². The van der Waals surface area contributed by atoms with E-state index in [1.807, 2.05) is 12.1 Å². The summed E-state index contributed by atoms with van der Waals surface area (Å²) in [6, 6.07) is 12.3. The number of ether oxygens (including phenoxy) is 1. The summed E-state index contributed by atoms with van der Waals surface area (Å²) >= 11 is 0. The molecule has 0 spiro atoms. The standard InChI is InChI=1S/C26H30N4O3/c31-25(16-28-10-9-22-3-1-2-4-23(22)14-28)17-30-12-11-29(26(30)32)15-24-8-7-20(13-27-24)5-6-21-18-33-19-21/h1-4,7-8,13,21,25,31H,9-12,14-19H2/t25-/m1/s1. The van der Waals surface area contributed by atoms with E-state index in [1.54, 1.807) is 16.0 Å². The molecular weight excluding hydrogens is 416 g/mol. The SMILES string of the molecule is O=C1N(Cc2ccc(C#CC3COC3)cn2)CCN1C[C@H](O)CN1CCc2ccccc2C1. The lowest BCUT2D eigenvalue weighted by Gasteiger charge is -2.31. The number of β-amino-alcohol motifs (C(OH)–C–C–N with tert-alkyl or cyclic N) is 1. The Bertz CT molecular complexity index is 1040. The molecule has 1 atom stereocenters. The lowest BCUT2D eigenvalue weighted by Crippen LogP contribution is -2.43. The number of benzene rings is 1. The van der Waals surface area contributed by atoms with Crippen LogP contribution in [0.2, 0.25) is 0 Å². The van der Waals surface area contributed by atoms with Crippen molar-refractivity contribution in [2.75, 3.05) is 45.9 Å². The summed E-state index contributed by atoms with van der Waals surface area (Å²) in [5, 5.41) is 10.7. The summed E-state index contributed by atoms with van der Waals surface area (Å²) in [5.74, 6) is 6.64. The maximum absolute atomic E-state index is 12.9. The first-order valence-electron chi connectivity index (χ1n) is 11.7. The fraction of sp³-hybridized carbons (Fsp3) is 0.462. The van der Waals surface area contributed by atoms with E-state index >= 15 is 0 Å². The molecule has 0 bridgehead atoms. The summed E-state index contributed by atoms with van der Waals surface area (Å²) in [6.07, 6.45) is 2.21. The molecular formula is C26H30N4O3. The molecule has 5 rings (SSSR count). The molecule has 2 saturated heterocycles. The summed E-state index contributed by atoms with van der Waals surface area (Å²) in [7, 11) is 0. The van der Waals surface area contributed by atoms with Crippen LogP contribution >= 0.6 is 0 Å². The fourth-order valence-electron chi connectivity index (χ4n) is 4.56. The second kappa shape index (κ2) is 9.92. The molecule has 7 heteroatoms. The highest BCUT2D eigenvalue weighted by atomic mass is 16.5. The predicted molar refractivity (Wildman–Crippen MR) is 124 cm³/mol. The van der Waals surface area contributed by atoms with E-state index in [4.69, 9.17) is 4.74 Å². The first-order chi connectivity index (χ1) is 16.1. The third-order valence-corrected chi connectivity index (χ3v) is 6.53. The zero-order valence-corrected chi connectivity index (χ0v) is 18.8. The zero-order chi connectivity index (χ0) is 22.6. The van der Waals surface area contributed by atoms with Gasteiger partial charge in [-0.3, -0.25) is 9.88 Å². The van der Waals surface area contributed by atoms with Crippen molar-refractivity contribution in [3.63, 3.8) is 0 Å². The Morgan fingerprint density at radius 3 is 2.64 bits per heavy atom. The van der Waals surface area contributed by atoms with Crippen molar-refractivity contribution >= 4 is 6.03 Å². The predicted octanol–water partition coefficient (Wildman–Crippen LogP) is 1.74. The third kappa shape index (κ3) is 5.36. The van der Waals surface area contributed by atoms with Crippen molar-refractivity contribution in [1.29, 1.82) is 0 Å². The molecule has 0 aliphatic carbocycles. The molecule has 33 heavy (non-hydrogen) atoms. The van der Waals surface area contributed by atoms with Gasteiger partial charge in [-0.15, -0.1) is 0 Å². The molecule has 0 saturated carbocycles. The number of carbonyl (C=O) groups excluding carboxylic acids is 1. The summed E-state index contributed by atoms with van der Waals surface area (Å²) in [5.41, 5.74) is 4.45. The highest BCUT2D eigenvalue weighted by molar-refractivity contribution is 5.76. The number of aliphatic hydroxyl groups excluding tert-OH is 1. The minimum atomic E-state index is -0.559. The van der Waals surface area contributed by atoms with Crippen molar-refractivity contribution in [1.82, 2.24) is 19.7 Å². The van der Waals surface area contributed by atoms with Crippen LogP contribution in [0.4, 0.5) is 4.79 Å². The Kier molecular flexibility index (Phi) is 6.58. The van der Waals surface area contributed by atoms with Crippen LogP contribution in [-0.2, 0) is 24.2 Å². The largest absolute Gasteiger partial charge is 0.390 e. The number of hydrogen-bond acceptors (Lipinski definition) is 5. The van der Waals surface area contributed by atoms with Gasteiger partial charge in [-0.05, 0) is 29.7 Å². The minimum Gasteiger partial charge on any atom is -0.390 e. The van der Waals surface area contributed by atoms with Crippen LogP contribution in [0.1, 0.15) is 22.4 Å². The molecule has 1 aromatic heterocycles. The molecule has 4 heterocycles. The molecule has 3 aliphatic rings. The van der Waals surface area contributed by atoms with Crippen LogP contribution in [0, 0.1) is 17.8 Å². The Labute approximate surface area is 195 Å². The van der Waals surface area contributed by atoms with Gasteiger partial charge in [0, 0.05) is 51.0 Å². The van der Waals surface area contributed by atoms with Gasteiger partial charge < -0.3 is 19.6 Å². The van der Waals surface area contributed by atoms with Crippen molar-refractivity contribution in [2.24, 2.45) is 5.92 Å². The number of amides is 2. The highest BCUT2D eigenvalue weighted by Crippen LogP contribution is 2.19. The summed E-state index contributed by atoms with van der Waals surface area (Å²) in [6.45, 7) is 5.91. The van der Waals surface area contributed by atoms with E-state index in [-0.39, 0.29) is 6.03 Å². The zero-order valence-electron chi connectivity index (χ0n) is 18.8. The van der Waals surface area contributed by atoms with E-state index in [0.717, 1.165) is 30.8 Å². The topological polar surface area (TPSA) is 69.1 Å². The van der Waals surface area contributed by atoms with E-state index in [2.05, 4.69) is 46.0 Å². The van der Waals surface area contributed by atoms with Crippen LogP contribution in [0.15, 0.2) is 42.6 Å². The number of carbonyl (C=O) groups is 1. The molecule has 2 amide bonds. The Morgan fingerprint density at radius 2 is 1.88 bits per heavy atom. The second-order valence-electron chi connectivity index (χ2n) is 9.10. The van der Waals surface area contributed by atoms with Gasteiger partial charge in [-0.2, -0.15) is 0 Å².